The highest BCUT2D eigenvalue weighted by atomic mass is 16.7. The summed E-state index contributed by atoms with van der Waals surface area (Å²) >= 11 is 0. The number of phenols is 1. The third-order valence-electron chi connectivity index (χ3n) is 6.96. The Bertz CT molecular complexity index is 1340. The zero-order valence-corrected chi connectivity index (χ0v) is 20.0. The van der Waals surface area contributed by atoms with Gasteiger partial charge < -0.3 is 54.4 Å². The van der Waals surface area contributed by atoms with E-state index in [2.05, 4.69) is 0 Å². The molecule has 0 spiro atoms. The van der Waals surface area contributed by atoms with E-state index in [1.165, 1.54) is 18.2 Å². The monoisotopic (exact) mass is 532 g/mol. The predicted molar refractivity (Wildman–Crippen MR) is 129 cm³/mol. The van der Waals surface area contributed by atoms with Gasteiger partial charge in [-0.05, 0) is 17.7 Å². The van der Waals surface area contributed by atoms with Gasteiger partial charge in [0.1, 0.15) is 64.7 Å². The summed E-state index contributed by atoms with van der Waals surface area (Å²) in [5, 5.41) is 71.8. The molecule has 3 aromatic rings. The van der Waals surface area contributed by atoms with Crippen molar-refractivity contribution >= 4 is 11.0 Å². The lowest BCUT2D eigenvalue weighted by Crippen LogP contribution is -2.58. The Morgan fingerprint density at radius 2 is 1.76 bits per heavy atom. The largest absolute Gasteiger partial charge is 0.507 e. The smallest absolute Gasteiger partial charge is 0.197 e. The number of hydrogen-bond acceptors (Lipinski definition) is 12. The van der Waals surface area contributed by atoms with Gasteiger partial charge in [0.25, 0.3) is 0 Å². The van der Waals surface area contributed by atoms with E-state index < -0.39 is 79.5 Å². The summed E-state index contributed by atoms with van der Waals surface area (Å²) in [6.07, 6.45) is -10.5. The highest BCUT2D eigenvalue weighted by Gasteiger charge is 2.53. The minimum Gasteiger partial charge on any atom is -0.507 e. The van der Waals surface area contributed by atoms with Gasteiger partial charge in [0.2, 0.25) is 0 Å². The van der Waals surface area contributed by atoms with E-state index in [0.29, 0.717) is 5.56 Å². The molecule has 2 aliphatic rings. The molecule has 38 heavy (non-hydrogen) atoms. The van der Waals surface area contributed by atoms with E-state index in [4.69, 9.17) is 18.6 Å². The summed E-state index contributed by atoms with van der Waals surface area (Å²) in [7, 11) is 0. The maximum absolute atomic E-state index is 12.8. The molecule has 12 nitrogen and oxygen atoms in total. The molecule has 204 valence electrons. The minimum absolute atomic E-state index is 0.00155. The highest BCUT2D eigenvalue weighted by Crippen LogP contribution is 2.40. The van der Waals surface area contributed by atoms with E-state index in [9.17, 15) is 40.5 Å². The molecule has 5 rings (SSSR count). The summed E-state index contributed by atoms with van der Waals surface area (Å²) in [5.74, 6) is -0.201. The van der Waals surface area contributed by atoms with E-state index in [-0.39, 0.29) is 22.3 Å². The lowest BCUT2D eigenvalue weighted by Gasteiger charge is -2.43. The van der Waals surface area contributed by atoms with Crippen LogP contribution in [0.2, 0.25) is 0 Å². The predicted octanol–water partition coefficient (Wildman–Crippen LogP) is -0.855. The quantitative estimate of drug-likeness (QED) is 0.208. The van der Waals surface area contributed by atoms with Gasteiger partial charge in [-0.1, -0.05) is 30.3 Å². The van der Waals surface area contributed by atoms with Gasteiger partial charge in [-0.25, -0.2) is 0 Å². The van der Waals surface area contributed by atoms with Crippen molar-refractivity contribution in [2.75, 3.05) is 19.8 Å². The normalized spacial score (nSPS) is 33.6. The average Bonchev–Trinajstić information content (AvgIpc) is 3.20. The number of rotatable bonds is 6. The zero-order valence-electron chi connectivity index (χ0n) is 20.0. The first-order valence-electron chi connectivity index (χ1n) is 11.9. The van der Waals surface area contributed by atoms with Gasteiger partial charge >= 0.3 is 0 Å². The number of fused-ring (bicyclic) bond motifs is 1. The van der Waals surface area contributed by atoms with Crippen LogP contribution < -0.4 is 5.43 Å². The molecule has 0 amide bonds. The van der Waals surface area contributed by atoms with Crippen LogP contribution in [0.1, 0.15) is 11.7 Å². The Kier molecular flexibility index (Phi) is 7.26. The number of aliphatic hydroxyl groups excluding tert-OH is 5. The third-order valence-corrected chi connectivity index (χ3v) is 6.96. The van der Waals surface area contributed by atoms with Crippen LogP contribution >= 0.6 is 0 Å². The number of aliphatic hydroxyl groups is 6. The molecule has 2 fully saturated rings. The van der Waals surface area contributed by atoms with Crippen LogP contribution in [0.4, 0.5) is 0 Å². The highest BCUT2D eigenvalue weighted by molar-refractivity contribution is 5.85. The number of hydrogen-bond donors (Lipinski definition) is 7. The summed E-state index contributed by atoms with van der Waals surface area (Å²) in [4.78, 5) is 12.8. The van der Waals surface area contributed by atoms with Crippen LogP contribution in [0.25, 0.3) is 22.3 Å². The summed E-state index contributed by atoms with van der Waals surface area (Å²) in [6, 6.07) is 12.7. The fourth-order valence-corrected chi connectivity index (χ4v) is 4.77. The standard InChI is InChI=1S/C26H28O12/c27-9-18-20(31)21(32)23(38-25-24(33)26(34,10-28)11-35-25)22(37-18)13-6-14(29)19-15(30)8-16(36-17(19)7-13)12-4-2-1-3-5-12/h1-8,18,20-25,27-29,31-34H,9-11H2/t18-,20-,21+,22+,23-,24+,25+,26-/m1/s1. The molecular weight excluding hydrogens is 504 g/mol. The first-order valence-corrected chi connectivity index (χ1v) is 11.9. The molecule has 2 saturated heterocycles. The van der Waals surface area contributed by atoms with E-state index in [1.807, 2.05) is 0 Å². The van der Waals surface area contributed by atoms with Gasteiger partial charge in [-0.15, -0.1) is 0 Å². The Morgan fingerprint density at radius 1 is 1.03 bits per heavy atom. The molecule has 0 saturated carbocycles. The molecule has 0 aliphatic carbocycles. The average molecular weight is 532 g/mol. The molecule has 2 aliphatic heterocycles. The van der Waals surface area contributed by atoms with Gasteiger partial charge in [-0.3, -0.25) is 4.79 Å². The van der Waals surface area contributed by atoms with E-state index in [1.54, 1.807) is 30.3 Å². The van der Waals surface area contributed by atoms with Crippen LogP contribution in [0.3, 0.4) is 0 Å². The Labute approximate surface area is 215 Å². The number of benzene rings is 2. The second kappa shape index (κ2) is 10.3. The lowest BCUT2D eigenvalue weighted by atomic mass is 9.90. The van der Waals surface area contributed by atoms with Gasteiger partial charge in [0, 0.05) is 11.6 Å². The Balaban J connectivity index is 1.56. The van der Waals surface area contributed by atoms with Gasteiger partial charge in [0.05, 0.1) is 19.8 Å². The van der Waals surface area contributed by atoms with Crippen LogP contribution in [0.15, 0.2) is 57.7 Å². The second-order valence-corrected chi connectivity index (χ2v) is 9.50. The molecule has 3 heterocycles. The SMILES string of the molecule is O=c1cc(-c2ccccc2)oc2cc([C@@H]3O[C@H](CO)[C@@H](O)[C@H](O)[C@H]3O[C@@H]3OC[C@](O)(CO)[C@H]3O)cc(O)c12. The maximum atomic E-state index is 12.8. The van der Waals surface area contributed by atoms with Crippen LogP contribution in [-0.4, -0.2) is 98.0 Å². The molecule has 7 N–H and O–H groups in total. The minimum atomic E-state index is -2.01. The second-order valence-electron chi connectivity index (χ2n) is 9.50. The van der Waals surface area contributed by atoms with Crippen molar-refractivity contribution in [2.45, 2.75) is 48.5 Å². The Hall–Kier alpha value is -2.91. The molecule has 8 atom stereocenters. The third kappa shape index (κ3) is 4.60. The topological polar surface area (TPSA) is 200 Å². The summed E-state index contributed by atoms with van der Waals surface area (Å²) in [5.41, 5.74) is -1.73. The number of ether oxygens (including phenoxy) is 3. The molecule has 12 heteroatoms. The fourth-order valence-electron chi connectivity index (χ4n) is 4.77. The van der Waals surface area contributed by atoms with Crippen LogP contribution in [0, 0.1) is 0 Å². The van der Waals surface area contributed by atoms with Crippen molar-refractivity contribution in [3.63, 3.8) is 0 Å². The Morgan fingerprint density at radius 3 is 2.42 bits per heavy atom. The molecule has 0 bridgehead atoms. The van der Waals surface area contributed by atoms with Crippen LogP contribution in [0.5, 0.6) is 5.75 Å². The van der Waals surface area contributed by atoms with Crippen LogP contribution in [-0.2, 0) is 14.2 Å². The van der Waals surface area contributed by atoms with Gasteiger partial charge in [-0.2, -0.15) is 0 Å². The lowest BCUT2D eigenvalue weighted by molar-refractivity contribution is -0.286. The summed E-state index contributed by atoms with van der Waals surface area (Å²) in [6.45, 7) is -1.95. The van der Waals surface area contributed by atoms with Crippen molar-refractivity contribution in [3.8, 4) is 17.1 Å². The van der Waals surface area contributed by atoms with Crippen molar-refractivity contribution in [3.05, 3.63) is 64.3 Å². The number of aromatic hydroxyl groups is 1. The number of phenolic OH excluding ortho intramolecular Hbond substituents is 1. The van der Waals surface area contributed by atoms with Crippen molar-refractivity contribution in [1.82, 2.24) is 0 Å². The molecule has 1 aromatic heterocycles. The van der Waals surface area contributed by atoms with E-state index in [0.717, 1.165) is 0 Å². The molecule has 0 radical (unpaired) electrons. The summed E-state index contributed by atoms with van der Waals surface area (Å²) < 4.78 is 22.8. The first kappa shape index (κ1) is 26.7. The zero-order chi connectivity index (χ0) is 27.2. The first-order chi connectivity index (χ1) is 18.2. The molecule has 2 aromatic carbocycles. The van der Waals surface area contributed by atoms with Crippen molar-refractivity contribution in [1.29, 1.82) is 0 Å². The fraction of sp³-hybridized carbons (Fsp3) is 0.423. The van der Waals surface area contributed by atoms with Crippen molar-refractivity contribution < 1.29 is 54.4 Å². The van der Waals surface area contributed by atoms with Gasteiger partial charge in [0.15, 0.2) is 11.7 Å². The van der Waals surface area contributed by atoms with E-state index >= 15 is 0 Å². The van der Waals surface area contributed by atoms with Crippen molar-refractivity contribution in [2.24, 2.45) is 0 Å². The molecule has 0 unspecified atom stereocenters. The molecular formula is C26H28O12. The maximum Gasteiger partial charge on any atom is 0.197 e.